The third-order valence-electron chi connectivity index (χ3n) is 5.15. The van der Waals surface area contributed by atoms with Gasteiger partial charge in [-0.25, -0.2) is 0 Å². The quantitative estimate of drug-likeness (QED) is 0.187. The van der Waals surface area contributed by atoms with Crippen LogP contribution >= 0.6 is 0 Å². The van der Waals surface area contributed by atoms with E-state index in [1.165, 1.54) is 0 Å². The molecule has 4 aromatic carbocycles. The maximum Gasteiger partial charge on any atom is 0.193 e. The minimum absolute atomic E-state index is 0.0902. The maximum absolute atomic E-state index is 13.4. The number of hydrogen-bond acceptors (Lipinski definition) is 2. The lowest BCUT2D eigenvalue weighted by atomic mass is 9.93. The van der Waals surface area contributed by atoms with Crippen LogP contribution in [0.3, 0.4) is 0 Å². The molecule has 2 nitrogen and oxygen atoms in total. The lowest BCUT2D eigenvalue weighted by Crippen LogP contribution is -2.04. The van der Waals surface area contributed by atoms with Gasteiger partial charge < -0.3 is 0 Å². The van der Waals surface area contributed by atoms with Crippen LogP contribution in [0.15, 0.2) is 133 Å². The highest BCUT2D eigenvalue weighted by molar-refractivity contribution is 6.31. The van der Waals surface area contributed by atoms with Crippen molar-refractivity contribution < 1.29 is 9.59 Å². The largest absolute Gasteiger partial charge is 0.289 e. The first-order valence-electron chi connectivity index (χ1n) is 10.5. The Kier molecular flexibility index (Phi) is 6.64. The molecule has 0 spiro atoms. The summed E-state index contributed by atoms with van der Waals surface area (Å²) in [5.41, 5.74) is 3.88. The van der Waals surface area contributed by atoms with Crippen LogP contribution < -0.4 is 0 Å². The summed E-state index contributed by atoms with van der Waals surface area (Å²) in [6.45, 7) is 0. The van der Waals surface area contributed by atoms with E-state index in [1.807, 2.05) is 97.1 Å². The molecule has 0 aliphatic rings. The number of carbonyl (C=O) groups is 2. The molecular formula is C30H22O2. The Balaban J connectivity index is 1.84. The van der Waals surface area contributed by atoms with Gasteiger partial charge in [0.1, 0.15) is 0 Å². The number of Topliss-reactive ketones (excluding diaryl/α,β-unsaturated/α-hetero) is 2. The lowest BCUT2D eigenvalue weighted by Gasteiger charge is -2.09. The monoisotopic (exact) mass is 414 g/mol. The van der Waals surface area contributed by atoms with E-state index < -0.39 is 0 Å². The Morgan fingerprint density at radius 3 is 0.906 bits per heavy atom. The topological polar surface area (TPSA) is 34.1 Å². The zero-order valence-electron chi connectivity index (χ0n) is 17.5. The fourth-order valence-corrected chi connectivity index (χ4v) is 3.50. The first-order chi connectivity index (χ1) is 15.7. The van der Waals surface area contributed by atoms with Gasteiger partial charge in [-0.15, -0.1) is 0 Å². The van der Waals surface area contributed by atoms with Crippen LogP contribution in [0.5, 0.6) is 0 Å². The van der Waals surface area contributed by atoms with Gasteiger partial charge in [0.05, 0.1) is 0 Å². The zero-order chi connectivity index (χ0) is 22.2. The van der Waals surface area contributed by atoms with Crippen LogP contribution in [-0.2, 0) is 0 Å². The van der Waals surface area contributed by atoms with Crippen molar-refractivity contribution >= 4 is 22.7 Å². The first kappa shape index (κ1) is 21.0. The highest BCUT2D eigenvalue weighted by atomic mass is 16.1. The molecule has 2 heteroatoms. The Hall–Kier alpha value is -4.30. The summed E-state index contributed by atoms with van der Waals surface area (Å²) in [6, 6.07) is 37.4. The van der Waals surface area contributed by atoms with Crippen molar-refractivity contribution in [2.24, 2.45) is 0 Å². The Morgan fingerprint density at radius 1 is 0.375 bits per heavy atom. The summed E-state index contributed by atoms with van der Waals surface area (Å²) < 4.78 is 0. The van der Waals surface area contributed by atoms with E-state index in [1.54, 1.807) is 36.4 Å². The van der Waals surface area contributed by atoms with Crippen LogP contribution in [0.4, 0.5) is 0 Å². The second-order valence-electron chi connectivity index (χ2n) is 7.28. The predicted octanol–water partition coefficient (Wildman–Crippen LogP) is 6.92. The molecule has 4 rings (SSSR count). The number of rotatable bonds is 7. The molecule has 0 unspecified atom stereocenters. The molecule has 0 bridgehead atoms. The summed E-state index contributed by atoms with van der Waals surface area (Å²) >= 11 is 0. The number of ketones is 2. The van der Waals surface area contributed by atoms with E-state index in [9.17, 15) is 9.59 Å². The summed E-state index contributed by atoms with van der Waals surface area (Å²) in [4.78, 5) is 26.7. The maximum atomic E-state index is 13.4. The molecule has 0 saturated carbocycles. The van der Waals surface area contributed by atoms with Gasteiger partial charge in [0.25, 0.3) is 0 Å². The molecule has 0 aromatic heterocycles. The number of hydrogen-bond donors (Lipinski definition) is 0. The Labute approximate surface area is 188 Å². The molecule has 154 valence electrons. The summed E-state index contributed by atoms with van der Waals surface area (Å²) in [6.07, 6.45) is 3.52. The van der Waals surface area contributed by atoms with Crippen molar-refractivity contribution in [1.29, 1.82) is 0 Å². The molecule has 0 radical (unpaired) electrons. The van der Waals surface area contributed by atoms with Gasteiger partial charge >= 0.3 is 0 Å². The molecule has 0 aliphatic carbocycles. The SMILES string of the molecule is O=C(C(=CC=C(C(=O)c1ccccc1)c1ccccc1)c1ccccc1)c1ccccc1. The van der Waals surface area contributed by atoms with E-state index in [0.717, 1.165) is 11.1 Å². The van der Waals surface area contributed by atoms with Crippen molar-refractivity contribution in [2.45, 2.75) is 0 Å². The standard InChI is InChI=1S/C30H22O2/c31-29(25-17-9-3-10-18-25)27(23-13-5-1-6-14-23)21-22-28(24-15-7-2-8-16-24)30(32)26-19-11-4-12-20-26/h1-22H. The van der Waals surface area contributed by atoms with Gasteiger partial charge in [0.15, 0.2) is 11.6 Å². The molecule has 0 amide bonds. The van der Waals surface area contributed by atoms with Crippen molar-refractivity contribution in [3.8, 4) is 0 Å². The van der Waals surface area contributed by atoms with E-state index in [0.29, 0.717) is 22.3 Å². The highest BCUT2D eigenvalue weighted by Crippen LogP contribution is 2.24. The Bertz CT molecular complexity index is 1150. The third kappa shape index (κ3) is 4.88. The van der Waals surface area contributed by atoms with Gasteiger partial charge in [-0.1, -0.05) is 121 Å². The van der Waals surface area contributed by atoms with Crippen molar-refractivity contribution in [3.05, 3.63) is 156 Å². The molecule has 0 saturated heterocycles. The minimum atomic E-state index is -0.0902. The van der Waals surface area contributed by atoms with Crippen LogP contribution in [0.25, 0.3) is 11.1 Å². The number of allylic oxidation sites excluding steroid dienone is 4. The molecule has 32 heavy (non-hydrogen) atoms. The van der Waals surface area contributed by atoms with Crippen LogP contribution in [0, 0.1) is 0 Å². The highest BCUT2D eigenvalue weighted by Gasteiger charge is 2.16. The molecule has 0 fully saturated rings. The number of carbonyl (C=O) groups excluding carboxylic acids is 2. The molecule has 0 aliphatic heterocycles. The van der Waals surface area contributed by atoms with Crippen LogP contribution in [0.2, 0.25) is 0 Å². The van der Waals surface area contributed by atoms with Gasteiger partial charge in [-0.2, -0.15) is 0 Å². The van der Waals surface area contributed by atoms with Crippen LogP contribution in [-0.4, -0.2) is 11.6 Å². The normalized spacial score (nSPS) is 11.8. The molecule has 0 N–H and O–H groups in total. The second kappa shape index (κ2) is 10.1. The summed E-state index contributed by atoms with van der Waals surface area (Å²) in [5.74, 6) is -0.180. The fraction of sp³-hybridized carbons (Fsp3) is 0. The lowest BCUT2D eigenvalue weighted by molar-refractivity contribution is 0.104. The Morgan fingerprint density at radius 2 is 0.625 bits per heavy atom. The van der Waals surface area contributed by atoms with Gasteiger partial charge in [-0.05, 0) is 23.3 Å². The first-order valence-corrected chi connectivity index (χ1v) is 10.5. The van der Waals surface area contributed by atoms with E-state index in [4.69, 9.17) is 0 Å². The molecule has 0 atom stereocenters. The molecule has 0 heterocycles. The van der Waals surface area contributed by atoms with Crippen molar-refractivity contribution in [3.63, 3.8) is 0 Å². The summed E-state index contributed by atoms with van der Waals surface area (Å²) in [7, 11) is 0. The van der Waals surface area contributed by atoms with Crippen LogP contribution in [0.1, 0.15) is 31.8 Å². The van der Waals surface area contributed by atoms with E-state index in [2.05, 4.69) is 0 Å². The van der Waals surface area contributed by atoms with Gasteiger partial charge in [0.2, 0.25) is 0 Å². The summed E-state index contributed by atoms with van der Waals surface area (Å²) in [5, 5.41) is 0. The minimum Gasteiger partial charge on any atom is -0.289 e. The third-order valence-corrected chi connectivity index (χ3v) is 5.15. The molecule has 4 aromatic rings. The van der Waals surface area contributed by atoms with E-state index in [-0.39, 0.29) is 11.6 Å². The predicted molar refractivity (Wildman–Crippen MR) is 130 cm³/mol. The number of benzene rings is 4. The molecular weight excluding hydrogens is 392 g/mol. The second-order valence-corrected chi connectivity index (χ2v) is 7.28. The average Bonchev–Trinajstić information content (AvgIpc) is 2.88. The fourth-order valence-electron chi connectivity index (χ4n) is 3.50. The van der Waals surface area contributed by atoms with Crippen molar-refractivity contribution in [1.82, 2.24) is 0 Å². The van der Waals surface area contributed by atoms with Gasteiger partial charge in [-0.3, -0.25) is 9.59 Å². The van der Waals surface area contributed by atoms with E-state index >= 15 is 0 Å². The zero-order valence-corrected chi connectivity index (χ0v) is 17.5. The van der Waals surface area contributed by atoms with Crippen molar-refractivity contribution in [2.75, 3.05) is 0 Å². The van der Waals surface area contributed by atoms with Gasteiger partial charge in [0, 0.05) is 22.3 Å². The smallest absolute Gasteiger partial charge is 0.193 e. The average molecular weight is 415 g/mol.